The van der Waals surface area contributed by atoms with Gasteiger partial charge in [-0.1, -0.05) is 0 Å². The van der Waals surface area contributed by atoms with Gasteiger partial charge in [0.1, 0.15) is 5.78 Å². The third kappa shape index (κ3) is 2.83. The number of carbonyl (C=O) groups is 1. The molecule has 2 fully saturated rings. The molecular weight excluding hydrogens is 200 g/mol. The summed E-state index contributed by atoms with van der Waals surface area (Å²) < 4.78 is 0. The van der Waals surface area contributed by atoms with E-state index in [0.717, 1.165) is 25.8 Å². The van der Waals surface area contributed by atoms with Crippen LogP contribution in [0.4, 0.5) is 0 Å². The minimum atomic E-state index is 0.473. The minimum Gasteiger partial charge on any atom is -0.305 e. The van der Waals surface area contributed by atoms with Crippen LogP contribution in [0.25, 0.3) is 0 Å². The van der Waals surface area contributed by atoms with Crippen molar-refractivity contribution in [3.05, 3.63) is 0 Å². The quantitative estimate of drug-likeness (QED) is 0.675. The van der Waals surface area contributed by atoms with Crippen LogP contribution in [-0.4, -0.2) is 54.3 Å². The van der Waals surface area contributed by atoms with E-state index in [9.17, 15) is 4.79 Å². The molecule has 1 aliphatic carbocycles. The largest absolute Gasteiger partial charge is 0.305 e. The van der Waals surface area contributed by atoms with Gasteiger partial charge in [-0.15, -0.1) is 0 Å². The third-order valence-corrected chi connectivity index (χ3v) is 4.02. The lowest BCUT2D eigenvalue weighted by Gasteiger charge is -2.37. The molecule has 3 nitrogen and oxygen atoms in total. The predicted octanol–water partition coefficient (Wildman–Crippen LogP) is 1.52. The van der Waals surface area contributed by atoms with Crippen molar-refractivity contribution in [2.75, 3.05) is 26.7 Å². The van der Waals surface area contributed by atoms with E-state index in [2.05, 4.69) is 23.8 Å². The highest BCUT2D eigenvalue weighted by Crippen LogP contribution is 2.23. The number of hydrogen-bond acceptors (Lipinski definition) is 3. The normalized spacial score (nSPS) is 35.0. The molecule has 1 saturated carbocycles. The molecule has 0 aromatic rings. The fourth-order valence-corrected chi connectivity index (χ4v) is 3.22. The van der Waals surface area contributed by atoms with Crippen molar-refractivity contribution < 1.29 is 4.79 Å². The molecule has 0 spiro atoms. The number of ketones is 1. The van der Waals surface area contributed by atoms with Crippen molar-refractivity contribution in [2.24, 2.45) is 0 Å². The van der Waals surface area contributed by atoms with Gasteiger partial charge in [-0.05, 0) is 46.3 Å². The summed E-state index contributed by atoms with van der Waals surface area (Å²) in [7, 11) is 2.20. The summed E-state index contributed by atoms with van der Waals surface area (Å²) in [6.45, 7) is 5.82. The van der Waals surface area contributed by atoms with E-state index in [1.165, 1.54) is 25.9 Å². The van der Waals surface area contributed by atoms with Crippen molar-refractivity contribution in [3.63, 3.8) is 0 Å². The molecule has 92 valence electrons. The van der Waals surface area contributed by atoms with Gasteiger partial charge in [0.2, 0.25) is 0 Å². The van der Waals surface area contributed by atoms with Crippen LogP contribution < -0.4 is 0 Å². The summed E-state index contributed by atoms with van der Waals surface area (Å²) in [5.74, 6) is 0.473. The number of hydrogen-bond donors (Lipinski definition) is 0. The summed E-state index contributed by atoms with van der Waals surface area (Å²) in [6, 6.07) is 1.13. The summed E-state index contributed by atoms with van der Waals surface area (Å²) in [5, 5.41) is 0. The fraction of sp³-hybridized carbons (Fsp3) is 0.923. The lowest BCUT2D eigenvalue weighted by Crippen LogP contribution is -2.46. The van der Waals surface area contributed by atoms with Crippen LogP contribution in [0.15, 0.2) is 0 Å². The molecule has 3 heteroatoms. The molecule has 1 heterocycles. The van der Waals surface area contributed by atoms with Gasteiger partial charge in [-0.2, -0.15) is 0 Å². The van der Waals surface area contributed by atoms with Crippen molar-refractivity contribution in [3.8, 4) is 0 Å². The standard InChI is InChI=1S/C13H24N2O/c1-11-10-14(2)7-4-8-15(11)12-5-3-6-13(16)9-12/h11-12H,3-10H2,1-2H3. The van der Waals surface area contributed by atoms with E-state index in [1.54, 1.807) is 0 Å². The minimum absolute atomic E-state index is 0.473. The first kappa shape index (κ1) is 12.1. The zero-order valence-electron chi connectivity index (χ0n) is 10.6. The Kier molecular flexibility index (Phi) is 3.98. The van der Waals surface area contributed by atoms with Crippen LogP contribution in [0.2, 0.25) is 0 Å². The van der Waals surface area contributed by atoms with Crippen LogP contribution >= 0.6 is 0 Å². The van der Waals surface area contributed by atoms with E-state index >= 15 is 0 Å². The van der Waals surface area contributed by atoms with E-state index in [1.807, 2.05) is 0 Å². The monoisotopic (exact) mass is 224 g/mol. The Morgan fingerprint density at radius 3 is 2.81 bits per heavy atom. The Morgan fingerprint density at radius 1 is 1.25 bits per heavy atom. The average molecular weight is 224 g/mol. The van der Waals surface area contributed by atoms with Crippen LogP contribution in [0.3, 0.4) is 0 Å². The lowest BCUT2D eigenvalue weighted by molar-refractivity contribution is -0.122. The van der Waals surface area contributed by atoms with E-state index in [-0.39, 0.29) is 0 Å². The van der Waals surface area contributed by atoms with E-state index in [4.69, 9.17) is 0 Å². The Morgan fingerprint density at radius 2 is 2.06 bits per heavy atom. The van der Waals surface area contributed by atoms with E-state index < -0.39 is 0 Å². The molecule has 2 rings (SSSR count). The van der Waals surface area contributed by atoms with Gasteiger partial charge in [0, 0.05) is 31.5 Å². The van der Waals surface area contributed by atoms with Gasteiger partial charge in [-0.3, -0.25) is 9.69 Å². The maximum atomic E-state index is 11.5. The fourth-order valence-electron chi connectivity index (χ4n) is 3.22. The average Bonchev–Trinajstić information content (AvgIpc) is 2.39. The molecule has 0 aromatic heterocycles. The molecule has 0 aromatic carbocycles. The summed E-state index contributed by atoms with van der Waals surface area (Å²) >= 11 is 0. The summed E-state index contributed by atoms with van der Waals surface area (Å²) in [5.41, 5.74) is 0. The lowest BCUT2D eigenvalue weighted by atomic mass is 9.92. The van der Waals surface area contributed by atoms with Crippen molar-refractivity contribution in [2.45, 2.75) is 51.1 Å². The molecule has 0 amide bonds. The Hall–Kier alpha value is -0.410. The van der Waals surface area contributed by atoms with Crippen LogP contribution in [0.5, 0.6) is 0 Å². The maximum absolute atomic E-state index is 11.5. The molecule has 2 unspecified atom stereocenters. The van der Waals surface area contributed by atoms with E-state index in [0.29, 0.717) is 17.9 Å². The molecule has 1 aliphatic heterocycles. The number of Topliss-reactive ketones (excluding diaryl/α,β-unsaturated/α-hetero) is 1. The number of carbonyl (C=O) groups excluding carboxylic acids is 1. The van der Waals surface area contributed by atoms with Gasteiger partial charge >= 0.3 is 0 Å². The number of likely N-dealkylation sites (N-methyl/N-ethyl adjacent to an activating group) is 1. The van der Waals surface area contributed by atoms with Crippen molar-refractivity contribution >= 4 is 5.78 Å². The van der Waals surface area contributed by atoms with Gasteiger partial charge in [0.25, 0.3) is 0 Å². The molecule has 2 aliphatic rings. The zero-order valence-corrected chi connectivity index (χ0v) is 10.6. The second-order valence-corrected chi connectivity index (χ2v) is 5.49. The van der Waals surface area contributed by atoms with Crippen molar-refractivity contribution in [1.82, 2.24) is 9.80 Å². The second-order valence-electron chi connectivity index (χ2n) is 5.49. The topological polar surface area (TPSA) is 23.6 Å². The molecule has 1 saturated heterocycles. The number of nitrogens with zero attached hydrogens (tertiary/aromatic N) is 2. The molecule has 0 N–H and O–H groups in total. The van der Waals surface area contributed by atoms with Gasteiger partial charge in [0.15, 0.2) is 0 Å². The smallest absolute Gasteiger partial charge is 0.134 e. The van der Waals surface area contributed by atoms with Crippen molar-refractivity contribution in [1.29, 1.82) is 0 Å². The highest BCUT2D eigenvalue weighted by molar-refractivity contribution is 5.79. The molecule has 0 radical (unpaired) electrons. The second kappa shape index (κ2) is 5.28. The first-order valence-corrected chi connectivity index (χ1v) is 6.63. The molecule has 0 bridgehead atoms. The SMILES string of the molecule is CC1CN(C)CCCN1C1CCCC(=O)C1. The third-order valence-electron chi connectivity index (χ3n) is 4.02. The van der Waals surface area contributed by atoms with Crippen LogP contribution in [0.1, 0.15) is 39.0 Å². The van der Waals surface area contributed by atoms with Gasteiger partial charge < -0.3 is 4.90 Å². The number of rotatable bonds is 1. The molecule has 16 heavy (non-hydrogen) atoms. The zero-order chi connectivity index (χ0) is 11.5. The predicted molar refractivity (Wildman–Crippen MR) is 65.5 cm³/mol. The van der Waals surface area contributed by atoms with Gasteiger partial charge in [0.05, 0.1) is 0 Å². The first-order valence-electron chi connectivity index (χ1n) is 6.63. The summed E-state index contributed by atoms with van der Waals surface area (Å²) in [4.78, 5) is 16.5. The van der Waals surface area contributed by atoms with Crippen LogP contribution in [0, 0.1) is 0 Å². The Balaban J connectivity index is 1.98. The molecular formula is C13H24N2O. The Labute approximate surface area is 98.8 Å². The summed E-state index contributed by atoms with van der Waals surface area (Å²) in [6.07, 6.45) is 5.18. The highest BCUT2D eigenvalue weighted by atomic mass is 16.1. The highest BCUT2D eigenvalue weighted by Gasteiger charge is 2.29. The first-order chi connectivity index (χ1) is 7.66. The van der Waals surface area contributed by atoms with Crippen LogP contribution in [-0.2, 0) is 4.79 Å². The Bertz CT molecular complexity index is 254. The maximum Gasteiger partial charge on any atom is 0.134 e. The van der Waals surface area contributed by atoms with Gasteiger partial charge in [-0.25, -0.2) is 0 Å². The molecule has 2 atom stereocenters.